The first kappa shape index (κ1) is 13.7. The van der Waals surface area contributed by atoms with Gasteiger partial charge in [-0.2, -0.15) is 5.10 Å². The van der Waals surface area contributed by atoms with Gasteiger partial charge in [0.05, 0.1) is 21.3 Å². The summed E-state index contributed by atoms with van der Waals surface area (Å²) in [5.41, 5.74) is 6.13. The second-order valence-corrected chi connectivity index (χ2v) is 5.96. The highest BCUT2D eigenvalue weighted by molar-refractivity contribution is 6.42. The number of rotatable bonds is 2. The number of halogens is 2. The van der Waals surface area contributed by atoms with E-state index in [0.717, 1.165) is 25.7 Å². The lowest BCUT2D eigenvalue weighted by Crippen LogP contribution is -2.37. The molecule has 5 nitrogen and oxygen atoms in total. The van der Waals surface area contributed by atoms with Gasteiger partial charge in [0.15, 0.2) is 5.82 Å². The van der Waals surface area contributed by atoms with Crippen LogP contribution in [0.5, 0.6) is 0 Å². The van der Waals surface area contributed by atoms with Gasteiger partial charge in [0.1, 0.15) is 0 Å². The monoisotopic (exact) mass is 312 g/mol. The van der Waals surface area contributed by atoms with Crippen LogP contribution in [0.15, 0.2) is 23.0 Å². The van der Waals surface area contributed by atoms with Crippen molar-refractivity contribution < 1.29 is 0 Å². The van der Waals surface area contributed by atoms with Gasteiger partial charge in [0, 0.05) is 0 Å². The summed E-state index contributed by atoms with van der Waals surface area (Å²) in [6, 6.07) is 5.02. The molecule has 3 rings (SSSR count). The van der Waals surface area contributed by atoms with E-state index in [0.29, 0.717) is 21.6 Å². The Morgan fingerprint density at radius 1 is 1.25 bits per heavy atom. The Labute approximate surface area is 125 Å². The van der Waals surface area contributed by atoms with Crippen molar-refractivity contribution in [2.24, 2.45) is 5.73 Å². The van der Waals surface area contributed by atoms with Crippen molar-refractivity contribution in [1.29, 1.82) is 0 Å². The van der Waals surface area contributed by atoms with Gasteiger partial charge in [-0.3, -0.25) is 0 Å². The molecule has 0 unspecified atom stereocenters. The topological polar surface area (TPSA) is 76.7 Å². The van der Waals surface area contributed by atoms with Crippen molar-refractivity contribution in [2.75, 3.05) is 0 Å². The molecule has 1 fully saturated rings. The summed E-state index contributed by atoms with van der Waals surface area (Å²) in [4.78, 5) is 12.0. The van der Waals surface area contributed by atoms with Crippen LogP contribution in [0.1, 0.15) is 31.5 Å². The number of aromatic amines is 1. The van der Waals surface area contributed by atoms with E-state index in [1.165, 1.54) is 4.57 Å². The zero-order valence-electron chi connectivity index (χ0n) is 10.7. The molecule has 106 valence electrons. The van der Waals surface area contributed by atoms with Crippen molar-refractivity contribution in [3.63, 3.8) is 0 Å². The Bertz CT molecular complexity index is 701. The maximum absolute atomic E-state index is 12.0. The van der Waals surface area contributed by atoms with Crippen LogP contribution in [0.2, 0.25) is 10.0 Å². The predicted octanol–water partition coefficient (Wildman–Crippen LogP) is 2.60. The molecule has 1 aliphatic rings. The quantitative estimate of drug-likeness (QED) is 0.894. The van der Waals surface area contributed by atoms with E-state index in [9.17, 15) is 4.79 Å². The Morgan fingerprint density at radius 2 is 1.95 bits per heavy atom. The van der Waals surface area contributed by atoms with Crippen LogP contribution in [-0.4, -0.2) is 14.8 Å². The normalized spacial score (nSPS) is 17.6. The summed E-state index contributed by atoms with van der Waals surface area (Å²) in [7, 11) is 0. The van der Waals surface area contributed by atoms with Crippen molar-refractivity contribution in [1.82, 2.24) is 14.8 Å². The van der Waals surface area contributed by atoms with E-state index in [1.807, 2.05) is 0 Å². The third-order valence-corrected chi connectivity index (χ3v) is 4.51. The van der Waals surface area contributed by atoms with Crippen LogP contribution in [0, 0.1) is 0 Å². The Kier molecular flexibility index (Phi) is 3.36. The number of nitrogens with one attached hydrogen (secondary N) is 1. The molecule has 1 saturated carbocycles. The number of aromatic nitrogens is 3. The number of nitrogens with zero attached hydrogens (tertiary/aromatic N) is 2. The standard InChI is InChI=1S/C13H14Cl2N4O/c14-9-4-3-8(7-10(9)15)19-11(17-18-12(19)20)13(16)5-1-2-6-13/h3-4,7H,1-2,5-6,16H2,(H,18,20). The lowest BCUT2D eigenvalue weighted by molar-refractivity contribution is 0.423. The van der Waals surface area contributed by atoms with E-state index in [2.05, 4.69) is 10.2 Å². The summed E-state index contributed by atoms with van der Waals surface area (Å²) in [5.74, 6) is 0.554. The summed E-state index contributed by atoms with van der Waals surface area (Å²) in [6.45, 7) is 0. The van der Waals surface area contributed by atoms with Gasteiger partial charge in [0.25, 0.3) is 0 Å². The van der Waals surface area contributed by atoms with Gasteiger partial charge >= 0.3 is 5.69 Å². The molecule has 1 aliphatic carbocycles. The number of hydrogen-bond donors (Lipinski definition) is 2. The highest BCUT2D eigenvalue weighted by atomic mass is 35.5. The average molecular weight is 313 g/mol. The zero-order chi connectivity index (χ0) is 14.3. The van der Waals surface area contributed by atoms with Crippen LogP contribution in [0.3, 0.4) is 0 Å². The molecule has 0 bridgehead atoms. The first-order valence-electron chi connectivity index (χ1n) is 6.43. The fourth-order valence-electron chi connectivity index (χ4n) is 2.72. The molecule has 7 heteroatoms. The summed E-state index contributed by atoms with van der Waals surface area (Å²) in [6.07, 6.45) is 3.72. The second-order valence-electron chi connectivity index (χ2n) is 5.15. The van der Waals surface area contributed by atoms with E-state index in [1.54, 1.807) is 18.2 Å². The van der Waals surface area contributed by atoms with Crippen molar-refractivity contribution in [3.8, 4) is 5.69 Å². The summed E-state index contributed by atoms with van der Waals surface area (Å²) in [5, 5.41) is 7.43. The zero-order valence-corrected chi connectivity index (χ0v) is 12.2. The maximum atomic E-state index is 12.0. The van der Waals surface area contributed by atoms with E-state index in [4.69, 9.17) is 28.9 Å². The predicted molar refractivity (Wildman–Crippen MR) is 78.5 cm³/mol. The van der Waals surface area contributed by atoms with Crippen LogP contribution >= 0.6 is 23.2 Å². The van der Waals surface area contributed by atoms with E-state index in [-0.39, 0.29) is 5.69 Å². The number of benzene rings is 1. The number of H-pyrrole nitrogens is 1. The van der Waals surface area contributed by atoms with Gasteiger partial charge in [-0.1, -0.05) is 36.0 Å². The molecule has 0 aliphatic heterocycles. The molecule has 0 spiro atoms. The number of nitrogens with two attached hydrogens (primary N) is 1. The first-order chi connectivity index (χ1) is 9.51. The molecule has 3 N–H and O–H groups in total. The summed E-state index contributed by atoms with van der Waals surface area (Å²) >= 11 is 11.9. The second kappa shape index (κ2) is 4.91. The minimum absolute atomic E-state index is 0.324. The summed E-state index contributed by atoms with van der Waals surface area (Å²) < 4.78 is 1.48. The average Bonchev–Trinajstić information content (AvgIpc) is 3.00. The number of hydrogen-bond acceptors (Lipinski definition) is 3. The van der Waals surface area contributed by atoms with Crippen molar-refractivity contribution in [3.05, 3.63) is 44.6 Å². The smallest absolute Gasteiger partial charge is 0.319 e. The molecule has 2 aromatic rings. The third kappa shape index (κ3) is 2.16. The van der Waals surface area contributed by atoms with Crippen molar-refractivity contribution >= 4 is 23.2 Å². The Balaban J connectivity index is 2.16. The molecule has 1 heterocycles. The SMILES string of the molecule is NC1(c2n[nH]c(=O)n2-c2ccc(Cl)c(Cl)c2)CCCC1. The van der Waals surface area contributed by atoms with E-state index >= 15 is 0 Å². The Morgan fingerprint density at radius 3 is 2.60 bits per heavy atom. The van der Waals surface area contributed by atoms with Gasteiger partial charge in [0.2, 0.25) is 0 Å². The molecule has 0 atom stereocenters. The minimum Gasteiger partial charge on any atom is -0.319 e. The molecule has 1 aromatic carbocycles. The third-order valence-electron chi connectivity index (χ3n) is 3.77. The van der Waals surface area contributed by atoms with Gasteiger partial charge in [-0.05, 0) is 31.0 Å². The molecule has 1 aromatic heterocycles. The largest absolute Gasteiger partial charge is 0.347 e. The molecule has 0 amide bonds. The molecular formula is C13H14Cl2N4O. The highest BCUT2D eigenvalue weighted by Crippen LogP contribution is 2.35. The molecule has 0 saturated heterocycles. The van der Waals surface area contributed by atoms with Gasteiger partial charge in [-0.25, -0.2) is 14.5 Å². The fourth-order valence-corrected chi connectivity index (χ4v) is 3.02. The lowest BCUT2D eigenvalue weighted by atomic mass is 9.98. The lowest BCUT2D eigenvalue weighted by Gasteiger charge is -2.22. The molecule has 20 heavy (non-hydrogen) atoms. The van der Waals surface area contributed by atoms with Gasteiger partial charge < -0.3 is 5.73 Å². The fraction of sp³-hybridized carbons (Fsp3) is 0.385. The maximum Gasteiger partial charge on any atom is 0.347 e. The van der Waals surface area contributed by atoms with Crippen LogP contribution in [0.4, 0.5) is 0 Å². The highest BCUT2D eigenvalue weighted by Gasteiger charge is 2.36. The first-order valence-corrected chi connectivity index (χ1v) is 7.19. The molecular weight excluding hydrogens is 299 g/mol. The van der Waals surface area contributed by atoms with Crippen LogP contribution in [-0.2, 0) is 5.54 Å². The van der Waals surface area contributed by atoms with E-state index < -0.39 is 5.54 Å². The van der Waals surface area contributed by atoms with Crippen LogP contribution < -0.4 is 11.4 Å². The van der Waals surface area contributed by atoms with Gasteiger partial charge in [-0.15, -0.1) is 0 Å². The Hall–Kier alpha value is -1.30. The minimum atomic E-state index is -0.564. The van der Waals surface area contributed by atoms with Crippen LogP contribution in [0.25, 0.3) is 5.69 Å². The van der Waals surface area contributed by atoms with Crippen molar-refractivity contribution in [2.45, 2.75) is 31.2 Å². The molecule has 0 radical (unpaired) electrons.